The number of rotatable bonds is 6. The van der Waals surface area contributed by atoms with Crippen molar-refractivity contribution in [1.29, 1.82) is 0 Å². The second-order valence-corrected chi connectivity index (χ2v) is 8.03. The highest BCUT2D eigenvalue weighted by atomic mass is 32.2. The fourth-order valence-corrected chi connectivity index (χ4v) is 4.67. The maximum atomic E-state index is 12.4. The Morgan fingerprint density at radius 3 is 1.46 bits per heavy atom. The Kier molecular flexibility index (Phi) is 5.96. The van der Waals surface area contributed by atoms with Crippen LogP contribution in [0.2, 0.25) is 0 Å². The summed E-state index contributed by atoms with van der Waals surface area (Å²) in [5, 5.41) is 0. The van der Waals surface area contributed by atoms with Crippen LogP contribution in [0.3, 0.4) is 0 Å². The summed E-state index contributed by atoms with van der Waals surface area (Å²) in [5.41, 5.74) is 10.2. The molecular formula is C12H12N4O4S4. The zero-order valence-electron chi connectivity index (χ0n) is 12.1. The van der Waals surface area contributed by atoms with Crippen LogP contribution >= 0.6 is 48.0 Å². The highest BCUT2D eigenvalue weighted by Gasteiger charge is 2.41. The standard InChI is InChI=1S/C12H12N4O4S4/c13-5(17)1-3-15-9(19)7(23-11(15)21)8-10(20)16(12(22)24-8)4-2-6(14)18/h1-4H2,(H2,13,17)(H2,14,18). The van der Waals surface area contributed by atoms with Crippen LogP contribution in [0.15, 0.2) is 9.81 Å². The zero-order chi connectivity index (χ0) is 18.0. The van der Waals surface area contributed by atoms with Gasteiger partial charge in [-0.15, -0.1) is 0 Å². The average Bonchev–Trinajstić information content (AvgIpc) is 2.92. The summed E-state index contributed by atoms with van der Waals surface area (Å²) in [5.74, 6) is -2.02. The van der Waals surface area contributed by atoms with E-state index in [4.69, 9.17) is 35.9 Å². The SMILES string of the molecule is NC(=O)CCN1C(=O)C(=C2SC(=S)N(CCC(N)=O)C2=O)SC1=S. The monoisotopic (exact) mass is 404 g/mol. The predicted octanol–water partition coefficient (Wildman–Crippen LogP) is -0.331. The first-order valence-corrected chi connectivity index (χ1v) is 9.05. The Morgan fingerprint density at radius 2 is 1.17 bits per heavy atom. The van der Waals surface area contributed by atoms with Crippen LogP contribution in [0.5, 0.6) is 0 Å². The molecule has 4 amide bonds. The molecule has 0 bridgehead atoms. The molecule has 0 aromatic heterocycles. The van der Waals surface area contributed by atoms with Crippen molar-refractivity contribution in [2.45, 2.75) is 12.8 Å². The first-order valence-electron chi connectivity index (χ1n) is 6.60. The second-order valence-electron chi connectivity index (χ2n) is 4.74. The molecule has 0 spiro atoms. The van der Waals surface area contributed by atoms with Crippen LogP contribution in [0, 0.1) is 0 Å². The van der Waals surface area contributed by atoms with Gasteiger partial charge in [0.05, 0.1) is 9.81 Å². The van der Waals surface area contributed by atoms with E-state index >= 15 is 0 Å². The van der Waals surface area contributed by atoms with E-state index in [1.807, 2.05) is 0 Å². The number of nitrogens with two attached hydrogens (primary N) is 2. The molecule has 0 radical (unpaired) electrons. The van der Waals surface area contributed by atoms with Crippen LogP contribution in [-0.4, -0.2) is 55.2 Å². The maximum Gasteiger partial charge on any atom is 0.267 e. The van der Waals surface area contributed by atoms with E-state index in [2.05, 4.69) is 0 Å². The van der Waals surface area contributed by atoms with E-state index in [9.17, 15) is 19.2 Å². The summed E-state index contributed by atoms with van der Waals surface area (Å²) in [4.78, 5) is 49.4. The van der Waals surface area contributed by atoms with Crippen molar-refractivity contribution in [2.24, 2.45) is 11.5 Å². The summed E-state index contributed by atoms with van der Waals surface area (Å²) in [7, 11) is 0. The van der Waals surface area contributed by atoms with Crippen LogP contribution in [0.1, 0.15) is 12.8 Å². The molecule has 2 saturated heterocycles. The molecule has 2 heterocycles. The van der Waals surface area contributed by atoms with Gasteiger partial charge in [0.2, 0.25) is 11.8 Å². The van der Waals surface area contributed by atoms with E-state index < -0.39 is 23.6 Å². The molecule has 0 aromatic rings. The second kappa shape index (κ2) is 7.59. The lowest BCUT2D eigenvalue weighted by molar-refractivity contribution is -0.125. The smallest absolute Gasteiger partial charge is 0.267 e. The van der Waals surface area contributed by atoms with Crippen molar-refractivity contribution in [3.8, 4) is 0 Å². The van der Waals surface area contributed by atoms with Crippen molar-refractivity contribution in [3.05, 3.63) is 9.81 Å². The fraction of sp³-hybridized carbons (Fsp3) is 0.333. The van der Waals surface area contributed by atoms with Gasteiger partial charge in [0.15, 0.2) is 0 Å². The number of nitrogens with zero attached hydrogens (tertiary/aromatic N) is 2. The third-order valence-electron chi connectivity index (χ3n) is 3.07. The summed E-state index contributed by atoms with van der Waals surface area (Å²) in [6, 6.07) is 0. The Balaban J connectivity index is 2.20. The van der Waals surface area contributed by atoms with E-state index in [1.54, 1.807) is 0 Å². The lowest BCUT2D eigenvalue weighted by Crippen LogP contribution is -2.33. The predicted molar refractivity (Wildman–Crippen MR) is 98.5 cm³/mol. The van der Waals surface area contributed by atoms with Crippen molar-refractivity contribution >= 4 is 80.2 Å². The third-order valence-corrected chi connectivity index (χ3v) is 6.09. The van der Waals surface area contributed by atoms with Crippen molar-refractivity contribution in [2.75, 3.05) is 13.1 Å². The lowest BCUT2D eigenvalue weighted by Gasteiger charge is -2.13. The van der Waals surface area contributed by atoms with Crippen LogP contribution in [-0.2, 0) is 19.2 Å². The maximum absolute atomic E-state index is 12.4. The zero-order valence-corrected chi connectivity index (χ0v) is 15.4. The van der Waals surface area contributed by atoms with Gasteiger partial charge in [-0.3, -0.25) is 29.0 Å². The van der Waals surface area contributed by atoms with Gasteiger partial charge in [-0.1, -0.05) is 48.0 Å². The van der Waals surface area contributed by atoms with Gasteiger partial charge < -0.3 is 11.5 Å². The van der Waals surface area contributed by atoms with Crippen LogP contribution in [0.4, 0.5) is 0 Å². The lowest BCUT2D eigenvalue weighted by atomic mass is 10.3. The minimum absolute atomic E-state index is 0.0285. The third kappa shape index (κ3) is 3.94. The molecule has 0 aromatic carbocycles. The molecule has 2 rings (SSSR count). The molecule has 128 valence electrons. The van der Waals surface area contributed by atoms with E-state index in [1.165, 1.54) is 9.80 Å². The molecule has 4 N–H and O–H groups in total. The first kappa shape index (κ1) is 18.8. The number of carbonyl (C=O) groups is 4. The number of thiocarbonyl (C=S) groups is 2. The molecule has 8 nitrogen and oxygen atoms in total. The van der Waals surface area contributed by atoms with Gasteiger partial charge in [0.25, 0.3) is 11.8 Å². The number of amides is 4. The minimum Gasteiger partial charge on any atom is -0.370 e. The normalized spacial score (nSPS) is 21.2. The molecule has 0 atom stereocenters. The molecule has 2 fully saturated rings. The summed E-state index contributed by atoms with van der Waals surface area (Å²) < 4.78 is 0.498. The number of carbonyl (C=O) groups excluding carboxylic acids is 4. The number of primary amides is 2. The average molecular weight is 405 g/mol. The molecule has 0 aliphatic carbocycles. The molecule has 24 heavy (non-hydrogen) atoms. The highest BCUT2D eigenvalue weighted by Crippen LogP contribution is 2.42. The number of thioether (sulfide) groups is 2. The Morgan fingerprint density at radius 1 is 0.833 bits per heavy atom. The quantitative estimate of drug-likeness (QED) is 0.455. The van der Waals surface area contributed by atoms with Gasteiger partial charge in [-0.05, 0) is 0 Å². The van der Waals surface area contributed by atoms with Crippen molar-refractivity contribution in [3.63, 3.8) is 0 Å². The molecule has 0 saturated carbocycles. The van der Waals surface area contributed by atoms with E-state index in [-0.39, 0.29) is 44.4 Å². The van der Waals surface area contributed by atoms with Gasteiger partial charge in [0.1, 0.15) is 8.64 Å². The number of hydrogen-bond acceptors (Lipinski definition) is 8. The fourth-order valence-electron chi connectivity index (χ4n) is 1.90. The Bertz CT molecular complexity index is 647. The van der Waals surface area contributed by atoms with Gasteiger partial charge in [-0.25, -0.2) is 0 Å². The van der Waals surface area contributed by atoms with Gasteiger partial charge in [-0.2, -0.15) is 0 Å². The van der Waals surface area contributed by atoms with Crippen LogP contribution < -0.4 is 11.5 Å². The molecular weight excluding hydrogens is 392 g/mol. The summed E-state index contributed by atoms with van der Waals surface area (Å²) >= 11 is 12.2. The topological polar surface area (TPSA) is 127 Å². The van der Waals surface area contributed by atoms with Gasteiger partial charge >= 0.3 is 0 Å². The first-order chi connectivity index (χ1) is 11.2. The van der Waals surface area contributed by atoms with Crippen LogP contribution in [0.25, 0.3) is 0 Å². The molecule has 2 aliphatic rings. The van der Waals surface area contributed by atoms with E-state index in [0.717, 1.165) is 23.5 Å². The van der Waals surface area contributed by atoms with Crippen molar-refractivity contribution in [1.82, 2.24) is 9.80 Å². The van der Waals surface area contributed by atoms with Gasteiger partial charge in [0, 0.05) is 25.9 Å². The molecule has 12 heteroatoms. The largest absolute Gasteiger partial charge is 0.370 e. The summed E-state index contributed by atoms with van der Waals surface area (Å²) in [6.07, 6.45) is -0.0570. The Labute approximate surface area is 156 Å². The molecule has 0 unspecified atom stereocenters. The summed E-state index contributed by atoms with van der Waals surface area (Å²) in [6.45, 7) is 0.122. The molecule has 2 aliphatic heterocycles. The highest BCUT2D eigenvalue weighted by molar-refractivity contribution is 8.29. The van der Waals surface area contributed by atoms with E-state index in [0.29, 0.717) is 0 Å². The minimum atomic E-state index is -0.554. The Hall–Kier alpha value is -1.50. The van der Waals surface area contributed by atoms with Crippen molar-refractivity contribution < 1.29 is 19.2 Å². The number of hydrogen-bond donors (Lipinski definition) is 2.